The molecule has 4 aromatic rings. The molecule has 0 bridgehead atoms. The van der Waals surface area contributed by atoms with E-state index in [-0.39, 0.29) is 48.9 Å². The average Bonchev–Trinajstić information content (AvgIpc) is 3.37. The summed E-state index contributed by atoms with van der Waals surface area (Å²) in [5, 5.41) is 12.2. The molecule has 4 nitrogen and oxygen atoms in total. The summed E-state index contributed by atoms with van der Waals surface area (Å²) in [6.45, 7) is 21.7. The topological polar surface area (TPSA) is 63.3 Å². The fourth-order valence-electron chi connectivity index (χ4n) is 6.95. The summed E-state index contributed by atoms with van der Waals surface area (Å²) in [4.78, 5) is 16.7. The van der Waals surface area contributed by atoms with Crippen LogP contribution in [0.25, 0.3) is 33.2 Å². The molecule has 0 saturated heterocycles. The smallest absolute Gasteiger partial charge is 0.162 e. The van der Waals surface area contributed by atoms with Crippen molar-refractivity contribution in [2.24, 2.45) is 23.7 Å². The van der Waals surface area contributed by atoms with Gasteiger partial charge in [-0.05, 0) is 72.6 Å². The van der Waals surface area contributed by atoms with Gasteiger partial charge >= 0.3 is 0 Å². The number of hydrogen-bond acceptors (Lipinski definition) is 4. The molecule has 0 spiro atoms. The first-order chi connectivity index (χ1) is 21.4. The van der Waals surface area contributed by atoms with Crippen molar-refractivity contribution < 1.29 is 34.4 Å². The van der Waals surface area contributed by atoms with Crippen LogP contribution < -0.4 is 0 Å². The van der Waals surface area contributed by atoms with Gasteiger partial charge in [-0.25, -0.2) is 0 Å². The maximum absolute atomic E-state index is 11.7. The number of allylic oxidation sites excluding steroid dienone is 2. The SMILES string of the molecule is CC(C)Cc1ccc2c3c1oc1c(CC(C)C)cnc(c13)-c1[c-]cccc1C2(C)C.CCC(CC)C(=O)/C=C(\O)C(CC)CC.[Ir]. The van der Waals surface area contributed by atoms with Crippen molar-refractivity contribution in [3.8, 4) is 11.3 Å². The fourth-order valence-corrected chi connectivity index (χ4v) is 6.95. The molecule has 0 fully saturated rings. The Bertz CT molecular complexity index is 1670. The van der Waals surface area contributed by atoms with Gasteiger partial charge in [0.25, 0.3) is 0 Å². The van der Waals surface area contributed by atoms with E-state index in [1.54, 1.807) is 0 Å². The maximum Gasteiger partial charge on any atom is 0.162 e. The zero-order valence-electron chi connectivity index (χ0n) is 29.6. The molecule has 2 heterocycles. The predicted octanol–water partition coefficient (Wildman–Crippen LogP) is 11.4. The second kappa shape index (κ2) is 15.9. The standard InChI is InChI=1S/C28H30NO.C13H24O2.Ir/c1-16(2)13-18-11-12-22-23-24-25(20-9-7-8-10-21(20)28(22,5)6)29-15-19(14-17(3)4)27(24)30-26(18)23;1-5-10(6-2)12(14)9-13(15)11(7-3)8-4;/h7-8,10-12,15-17H,13-14H2,1-6H3;9-11,14H,5-8H2,1-4H3;/q-1;;/b;12-9-;. The predicted molar refractivity (Wildman–Crippen MR) is 189 cm³/mol. The van der Waals surface area contributed by atoms with Crippen LogP contribution in [0.1, 0.15) is 117 Å². The van der Waals surface area contributed by atoms with E-state index in [0.717, 1.165) is 60.9 Å². The number of nitrogens with zero attached hydrogens (tertiary/aromatic N) is 1. The largest absolute Gasteiger partial charge is 0.512 e. The van der Waals surface area contributed by atoms with Gasteiger partial charge in [0.15, 0.2) is 5.78 Å². The Labute approximate surface area is 290 Å². The second-order valence-electron chi connectivity index (χ2n) is 14.2. The van der Waals surface area contributed by atoms with Crippen molar-refractivity contribution in [1.82, 2.24) is 4.98 Å². The van der Waals surface area contributed by atoms with Crippen molar-refractivity contribution in [2.45, 2.75) is 113 Å². The van der Waals surface area contributed by atoms with E-state index in [9.17, 15) is 9.90 Å². The monoisotopic (exact) mass is 801 g/mol. The van der Waals surface area contributed by atoms with Crippen LogP contribution in [0, 0.1) is 29.7 Å². The molecule has 0 saturated carbocycles. The molecule has 1 aliphatic rings. The van der Waals surface area contributed by atoms with Gasteiger partial charge in [-0.15, -0.1) is 35.4 Å². The van der Waals surface area contributed by atoms with Gasteiger partial charge in [-0.3, -0.25) is 4.79 Å². The number of carbonyl (C=O) groups excluding carboxylic acids is 1. The van der Waals surface area contributed by atoms with Gasteiger partial charge in [0.2, 0.25) is 0 Å². The van der Waals surface area contributed by atoms with Crippen molar-refractivity contribution in [3.05, 3.63) is 76.7 Å². The van der Waals surface area contributed by atoms with Gasteiger partial charge in [-0.2, -0.15) is 0 Å². The first-order valence-electron chi connectivity index (χ1n) is 17.2. The Morgan fingerprint density at radius 1 is 0.870 bits per heavy atom. The molecule has 2 aromatic carbocycles. The zero-order chi connectivity index (χ0) is 33.1. The summed E-state index contributed by atoms with van der Waals surface area (Å²) < 4.78 is 6.73. The van der Waals surface area contributed by atoms with Gasteiger partial charge in [0.1, 0.15) is 11.2 Å². The minimum absolute atomic E-state index is 0. The van der Waals surface area contributed by atoms with E-state index >= 15 is 0 Å². The van der Waals surface area contributed by atoms with Crippen molar-refractivity contribution in [2.75, 3.05) is 0 Å². The minimum atomic E-state index is -0.155. The molecule has 0 unspecified atom stereocenters. The number of hydrogen-bond donors (Lipinski definition) is 1. The number of aliphatic hydroxyl groups is 1. The van der Waals surface area contributed by atoms with Crippen molar-refractivity contribution in [1.29, 1.82) is 0 Å². The van der Waals surface area contributed by atoms with E-state index in [4.69, 9.17) is 9.40 Å². The quantitative estimate of drug-likeness (QED) is 0.0932. The number of pyridine rings is 1. The summed E-state index contributed by atoms with van der Waals surface area (Å²) in [7, 11) is 0. The zero-order valence-corrected chi connectivity index (χ0v) is 32.0. The third-order valence-electron chi connectivity index (χ3n) is 9.58. The third-order valence-corrected chi connectivity index (χ3v) is 9.58. The Morgan fingerprint density at radius 3 is 2.04 bits per heavy atom. The number of furan rings is 1. The molecule has 0 aliphatic heterocycles. The first kappa shape index (κ1) is 37.7. The van der Waals surface area contributed by atoms with Crippen LogP contribution >= 0.6 is 0 Å². The number of aromatic nitrogens is 1. The van der Waals surface area contributed by atoms with E-state index in [1.807, 2.05) is 40.0 Å². The maximum atomic E-state index is 11.7. The van der Waals surface area contributed by atoms with Gasteiger partial charge in [0, 0.05) is 60.5 Å². The molecule has 1 radical (unpaired) electrons. The Balaban J connectivity index is 0.000000309. The molecule has 1 N–H and O–H groups in total. The summed E-state index contributed by atoms with van der Waals surface area (Å²) >= 11 is 0. The molecule has 0 atom stereocenters. The van der Waals surface area contributed by atoms with Crippen molar-refractivity contribution in [3.63, 3.8) is 0 Å². The summed E-state index contributed by atoms with van der Waals surface area (Å²) in [5.41, 5.74) is 9.14. The van der Waals surface area contributed by atoms with Gasteiger partial charge < -0.3 is 14.5 Å². The van der Waals surface area contributed by atoms with Crippen LogP contribution in [-0.2, 0) is 43.2 Å². The normalized spacial score (nSPS) is 13.7. The Kier molecular flexibility index (Phi) is 13.0. The van der Waals surface area contributed by atoms with E-state index < -0.39 is 0 Å². The molecule has 46 heavy (non-hydrogen) atoms. The molecule has 0 amide bonds. The molecule has 1 aliphatic carbocycles. The molecule has 5 heteroatoms. The van der Waals surface area contributed by atoms with Gasteiger partial charge in [0.05, 0.1) is 5.76 Å². The molecular formula is C41H54IrNO3-. The fraction of sp³-hybridized carbons (Fsp3) is 0.512. The van der Waals surface area contributed by atoms with Gasteiger partial charge in [-0.1, -0.05) is 81.4 Å². The Morgan fingerprint density at radius 2 is 1.46 bits per heavy atom. The van der Waals surface area contributed by atoms with Crippen LogP contribution in [0.5, 0.6) is 0 Å². The van der Waals surface area contributed by atoms with E-state index in [2.05, 4.69) is 71.9 Å². The van der Waals surface area contributed by atoms with Crippen LogP contribution in [0.3, 0.4) is 0 Å². The van der Waals surface area contributed by atoms with Crippen LogP contribution in [-0.4, -0.2) is 15.9 Å². The number of fused-ring (bicyclic) bond motifs is 2. The van der Waals surface area contributed by atoms with E-state index in [0.29, 0.717) is 11.8 Å². The Hall–Kier alpha value is -2.75. The second-order valence-corrected chi connectivity index (χ2v) is 14.2. The number of rotatable bonds is 11. The molecule has 251 valence electrons. The average molecular weight is 801 g/mol. The number of ketones is 1. The van der Waals surface area contributed by atoms with Crippen LogP contribution in [0.4, 0.5) is 0 Å². The van der Waals surface area contributed by atoms with E-state index in [1.165, 1.54) is 39.1 Å². The van der Waals surface area contributed by atoms with Crippen LogP contribution in [0.15, 0.2) is 52.8 Å². The molecule has 2 aromatic heterocycles. The number of carbonyl (C=O) groups is 1. The summed E-state index contributed by atoms with van der Waals surface area (Å²) in [6.07, 6.45) is 8.92. The third kappa shape index (κ3) is 7.52. The van der Waals surface area contributed by atoms with Crippen LogP contribution in [0.2, 0.25) is 0 Å². The molecular weight excluding hydrogens is 747 g/mol. The first-order valence-corrected chi connectivity index (χ1v) is 17.2. The van der Waals surface area contributed by atoms with Crippen molar-refractivity contribution >= 4 is 27.7 Å². The summed E-state index contributed by atoms with van der Waals surface area (Å²) in [6, 6.07) is 14.5. The number of aliphatic hydroxyl groups excluding tert-OH is 1. The minimum Gasteiger partial charge on any atom is -0.512 e. The molecule has 5 rings (SSSR count). The number of benzene rings is 2. The summed E-state index contributed by atoms with van der Waals surface area (Å²) in [5.74, 6) is 1.67.